The number of rotatable bonds is 3. The Kier molecular flexibility index (Phi) is 3.87. The number of nitrogens with one attached hydrogen (secondary N) is 1. The van der Waals surface area contributed by atoms with Gasteiger partial charge in [-0.15, -0.1) is 0 Å². The van der Waals surface area contributed by atoms with Gasteiger partial charge in [0.1, 0.15) is 11.4 Å². The molecule has 0 saturated carbocycles. The van der Waals surface area contributed by atoms with Crippen LogP contribution in [0.15, 0.2) is 29.1 Å². The van der Waals surface area contributed by atoms with E-state index in [4.69, 9.17) is 11.6 Å². The van der Waals surface area contributed by atoms with Crippen LogP contribution in [0.5, 0.6) is 5.88 Å². The molecule has 6 heteroatoms. The van der Waals surface area contributed by atoms with E-state index >= 15 is 0 Å². The lowest BCUT2D eigenvalue weighted by Crippen LogP contribution is -2.19. The Bertz CT molecular complexity index is 653. The molecule has 0 amide bonds. The predicted octanol–water partition coefficient (Wildman–Crippen LogP) is 1.86. The Morgan fingerprint density at radius 2 is 2.16 bits per heavy atom. The van der Waals surface area contributed by atoms with Gasteiger partial charge >= 0.3 is 0 Å². The molecule has 2 rings (SSSR count). The first-order valence-corrected chi connectivity index (χ1v) is 6.08. The smallest absolute Gasteiger partial charge is 0.262 e. The van der Waals surface area contributed by atoms with Crippen LogP contribution in [0.1, 0.15) is 5.82 Å². The van der Waals surface area contributed by atoms with E-state index in [0.717, 1.165) is 0 Å². The fraction of sp³-hybridized carbons (Fsp3) is 0.231. The number of benzene rings is 1. The molecule has 19 heavy (non-hydrogen) atoms. The van der Waals surface area contributed by atoms with Crippen LogP contribution in [-0.4, -0.2) is 34.1 Å². The van der Waals surface area contributed by atoms with E-state index in [0.29, 0.717) is 23.0 Å². The molecule has 0 bridgehead atoms. The van der Waals surface area contributed by atoms with Crippen LogP contribution in [0.25, 0.3) is 11.1 Å². The summed E-state index contributed by atoms with van der Waals surface area (Å²) < 4.78 is 0. The largest absolute Gasteiger partial charge is 0.493 e. The maximum absolute atomic E-state index is 12.0. The molecule has 2 aromatic rings. The van der Waals surface area contributed by atoms with Crippen molar-refractivity contribution in [3.8, 4) is 17.0 Å². The van der Waals surface area contributed by atoms with Gasteiger partial charge in [0.15, 0.2) is 0 Å². The first-order valence-electron chi connectivity index (χ1n) is 5.70. The van der Waals surface area contributed by atoms with Crippen LogP contribution in [-0.2, 0) is 6.54 Å². The Morgan fingerprint density at radius 1 is 1.42 bits per heavy atom. The molecule has 1 aromatic carbocycles. The Labute approximate surface area is 115 Å². The minimum Gasteiger partial charge on any atom is -0.493 e. The molecular weight excluding hydrogens is 266 g/mol. The van der Waals surface area contributed by atoms with Gasteiger partial charge in [-0.25, -0.2) is 0 Å². The third-order valence-electron chi connectivity index (χ3n) is 2.53. The van der Waals surface area contributed by atoms with Crippen LogP contribution in [0, 0.1) is 0 Å². The van der Waals surface area contributed by atoms with E-state index < -0.39 is 0 Å². The highest BCUT2D eigenvalue weighted by Gasteiger charge is 2.13. The van der Waals surface area contributed by atoms with Crippen LogP contribution in [0.2, 0.25) is 5.02 Å². The van der Waals surface area contributed by atoms with E-state index in [1.165, 1.54) is 0 Å². The van der Waals surface area contributed by atoms with E-state index in [9.17, 15) is 9.90 Å². The number of aromatic hydroxyl groups is 1. The van der Waals surface area contributed by atoms with Crippen molar-refractivity contribution in [3.05, 3.63) is 45.5 Å². The molecule has 100 valence electrons. The average Bonchev–Trinajstić information content (AvgIpc) is 2.26. The van der Waals surface area contributed by atoms with Gasteiger partial charge in [-0.05, 0) is 31.8 Å². The second-order valence-electron chi connectivity index (χ2n) is 4.46. The monoisotopic (exact) mass is 279 g/mol. The first-order chi connectivity index (χ1) is 8.97. The van der Waals surface area contributed by atoms with Gasteiger partial charge in [-0.2, -0.15) is 4.98 Å². The maximum Gasteiger partial charge on any atom is 0.262 e. The highest BCUT2D eigenvalue weighted by atomic mass is 35.5. The molecule has 0 spiro atoms. The van der Waals surface area contributed by atoms with Gasteiger partial charge in [-0.1, -0.05) is 23.7 Å². The standard InChI is InChI=1S/C13H14ClN3O2/c1-17(2)7-10-15-12(18)11(13(19)16-10)8-4-3-5-9(14)6-8/h3-6H,7H2,1-2H3,(H2,15,16,18,19). The van der Waals surface area contributed by atoms with E-state index in [-0.39, 0.29) is 17.0 Å². The second kappa shape index (κ2) is 5.42. The summed E-state index contributed by atoms with van der Waals surface area (Å²) in [5, 5.41) is 10.4. The third kappa shape index (κ3) is 3.13. The third-order valence-corrected chi connectivity index (χ3v) is 2.76. The molecule has 0 radical (unpaired) electrons. The topological polar surface area (TPSA) is 69.2 Å². The number of halogens is 1. The van der Waals surface area contributed by atoms with Crippen LogP contribution in [0.4, 0.5) is 0 Å². The molecule has 0 unspecified atom stereocenters. The van der Waals surface area contributed by atoms with E-state index in [1.807, 2.05) is 19.0 Å². The summed E-state index contributed by atoms with van der Waals surface area (Å²) in [6, 6.07) is 6.72. The van der Waals surface area contributed by atoms with Gasteiger partial charge in [-0.3, -0.25) is 4.79 Å². The van der Waals surface area contributed by atoms with Crippen molar-refractivity contribution in [2.24, 2.45) is 0 Å². The van der Waals surface area contributed by atoms with Crippen molar-refractivity contribution < 1.29 is 5.11 Å². The molecule has 0 fully saturated rings. The van der Waals surface area contributed by atoms with Gasteiger partial charge in [0.05, 0.1) is 6.54 Å². The lowest BCUT2D eigenvalue weighted by atomic mass is 10.1. The highest BCUT2D eigenvalue weighted by molar-refractivity contribution is 6.30. The zero-order valence-electron chi connectivity index (χ0n) is 10.6. The zero-order chi connectivity index (χ0) is 14.0. The Morgan fingerprint density at radius 3 is 2.74 bits per heavy atom. The summed E-state index contributed by atoms with van der Waals surface area (Å²) in [4.78, 5) is 20.5. The quantitative estimate of drug-likeness (QED) is 0.900. The Balaban J connectivity index is 2.51. The summed E-state index contributed by atoms with van der Waals surface area (Å²) in [5.74, 6) is 0.126. The molecular formula is C13H14ClN3O2. The summed E-state index contributed by atoms with van der Waals surface area (Å²) in [7, 11) is 3.70. The molecule has 5 nitrogen and oxygen atoms in total. The molecule has 0 saturated heterocycles. The van der Waals surface area contributed by atoms with Gasteiger partial charge in [0.2, 0.25) is 5.88 Å². The molecule has 0 aliphatic heterocycles. The van der Waals surface area contributed by atoms with Crippen molar-refractivity contribution in [2.45, 2.75) is 6.54 Å². The fourth-order valence-electron chi connectivity index (χ4n) is 1.79. The Hall–Kier alpha value is -1.85. The van der Waals surface area contributed by atoms with Crippen molar-refractivity contribution in [3.63, 3.8) is 0 Å². The van der Waals surface area contributed by atoms with Crippen molar-refractivity contribution in [1.29, 1.82) is 0 Å². The van der Waals surface area contributed by atoms with Gasteiger partial charge in [0.25, 0.3) is 5.56 Å². The molecule has 0 atom stereocenters. The van der Waals surface area contributed by atoms with Gasteiger partial charge in [0, 0.05) is 5.02 Å². The van der Waals surface area contributed by atoms with Gasteiger partial charge < -0.3 is 15.0 Å². The normalized spacial score (nSPS) is 10.9. The second-order valence-corrected chi connectivity index (χ2v) is 4.90. The summed E-state index contributed by atoms with van der Waals surface area (Å²) >= 11 is 5.88. The molecule has 0 aliphatic carbocycles. The van der Waals surface area contributed by atoms with Crippen molar-refractivity contribution >= 4 is 11.6 Å². The zero-order valence-corrected chi connectivity index (χ0v) is 11.4. The SMILES string of the molecule is CN(C)Cc1nc(O)c(-c2cccc(Cl)c2)c(=O)[nH]1. The van der Waals surface area contributed by atoms with Crippen molar-refractivity contribution in [2.75, 3.05) is 14.1 Å². The minimum absolute atomic E-state index is 0.130. The maximum atomic E-state index is 12.0. The highest BCUT2D eigenvalue weighted by Crippen LogP contribution is 2.25. The lowest BCUT2D eigenvalue weighted by molar-refractivity contribution is 0.381. The molecule has 1 aromatic heterocycles. The van der Waals surface area contributed by atoms with E-state index in [1.54, 1.807) is 24.3 Å². The van der Waals surface area contributed by atoms with E-state index in [2.05, 4.69) is 9.97 Å². The number of H-pyrrole nitrogens is 1. The number of aromatic nitrogens is 2. The lowest BCUT2D eigenvalue weighted by Gasteiger charge is -2.10. The molecule has 1 heterocycles. The fourth-order valence-corrected chi connectivity index (χ4v) is 1.98. The molecule has 0 aliphatic rings. The van der Waals surface area contributed by atoms with Crippen LogP contribution >= 0.6 is 11.6 Å². The van der Waals surface area contributed by atoms with Crippen LogP contribution < -0.4 is 5.56 Å². The summed E-state index contributed by atoms with van der Waals surface area (Å²) in [6.07, 6.45) is 0. The number of aromatic amines is 1. The molecule has 2 N–H and O–H groups in total. The van der Waals surface area contributed by atoms with Crippen molar-refractivity contribution in [1.82, 2.24) is 14.9 Å². The average molecular weight is 280 g/mol. The number of hydrogen-bond acceptors (Lipinski definition) is 4. The first kappa shape index (κ1) is 13.6. The number of nitrogens with zero attached hydrogens (tertiary/aromatic N) is 2. The summed E-state index contributed by atoms with van der Waals surface area (Å²) in [5.41, 5.74) is 0.284. The predicted molar refractivity (Wildman–Crippen MR) is 74.4 cm³/mol. The minimum atomic E-state index is -0.383. The van der Waals surface area contributed by atoms with Crippen LogP contribution in [0.3, 0.4) is 0 Å². The number of hydrogen-bond donors (Lipinski definition) is 2. The summed E-state index contributed by atoms with van der Waals surface area (Å²) in [6.45, 7) is 0.443.